The molecule has 1 fully saturated rings. The molecule has 1 aliphatic carbocycles. The Hall–Kier alpha value is -0.120. The summed E-state index contributed by atoms with van der Waals surface area (Å²) in [6.45, 7) is 4.80. The Kier molecular flexibility index (Phi) is 6.22. The van der Waals surface area contributed by atoms with Crippen LogP contribution < -0.4 is 5.32 Å². The minimum atomic E-state index is 0.872. The van der Waals surface area contributed by atoms with Crippen molar-refractivity contribution in [3.63, 3.8) is 0 Å². The van der Waals surface area contributed by atoms with Crippen LogP contribution in [0.25, 0.3) is 0 Å². The maximum Gasteiger partial charge on any atom is 0.0106 e. The van der Waals surface area contributed by atoms with Gasteiger partial charge < -0.3 is 15.1 Å². The minimum absolute atomic E-state index is 0.872. The summed E-state index contributed by atoms with van der Waals surface area (Å²) in [5, 5.41) is 3.55. The number of nitrogens with one attached hydrogen (secondary N) is 1. The lowest BCUT2D eigenvalue weighted by molar-refractivity contribution is 0.277. The minimum Gasteiger partial charge on any atom is -0.314 e. The van der Waals surface area contributed by atoms with Gasteiger partial charge in [0.1, 0.15) is 0 Å². The fourth-order valence-corrected chi connectivity index (χ4v) is 1.58. The van der Waals surface area contributed by atoms with E-state index in [0.29, 0.717) is 0 Å². The molecule has 0 unspecified atom stereocenters. The predicted octanol–water partition coefficient (Wildman–Crippen LogP) is 1.01. The molecule has 0 amide bonds. The van der Waals surface area contributed by atoms with E-state index >= 15 is 0 Å². The smallest absolute Gasteiger partial charge is 0.0106 e. The molecule has 0 saturated heterocycles. The molecule has 3 nitrogen and oxygen atoms in total. The summed E-state index contributed by atoms with van der Waals surface area (Å²) in [5.74, 6) is 0. The van der Waals surface area contributed by atoms with E-state index in [0.717, 1.165) is 12.6 Å². The third-order valence-corrected chi connectivity index (χ3v) is 2.91. The normalized spacial score (nSPS) is 16.6. The van der Waals surface area contributed by atoms with Crippen molar-refractivity contribution in [3.8, 4) is 0 Å². The molecule has 0 aromatic heterocycles. The molecular formula is C12H27N3. The van der Waals surface area contributed by atoms with Crippen molar-refractivity contribution in [2.45, 2.75) is 31.7 Å². The van der Waals surface area contributed by atoms with Gasteiger partial charge in [0.2, 0.25) is 0 Å². The molecule has 0 aliphatic heterocycles. The second kappa shape index (κ2) is 7.20. The average molecular weight is 213 g/mol. The first kappa shape index (κ1) is 12.9. The van der Waals surface area contributed by atoms with Crippen LogP contribution >= 0.6 is 0 Å². The largest absolute Gasteiger partial charge is 0.314 e. The predicted molar refractivity (Wildman–Crippen MR) is 66.3 cm³/mol. The first-order valence-electron chi connectivity index (χ1n) is 6.25. The van der Waals surface area contributed by atoms with Gasteiger partial charge in [-0.1, -0.05) is 0 Å². The zero-order valence-corrected chi connectivity index (χ0v) is 10.6. The highest BCUT2D eigenvalue weighted by molar-refractivity contribution is 4.80. The second-order valence-electron chi connectivity index (χ2n) is 5.04. The Labute approximate surface area is 94.8 Å². The summed E-state index contributed by atoms with van der Waals surface area (Å²) in [6.07, 6.45) is 5.46. The number of unbranched alkanes of at least 4 members (excludes halogenated alkanes) is 1. The van der Waals surface area contributed by atoms with Gasteiger partial charge in [0.05, 0.1) is 0 Å². The fourth-order valence-electron chi connectivity index (χ4n) is 1.58. The Morgan fingerprint density at radius 2 is 1.73 bits per heavy atom. The van der Waals surface area contributed by atoms with Gasteiger partial charge in [0.25, 0.3) is 0 Å². The van der Waals surface area contributed by atoms with Crippen LogP contribution in [0.2, 0.25) is 0 Å². The number of rotatable bonds is 9. The molecule has 0 bridgehead atoms. The third kappa shape index (κ3) is 7.77. The van der Waals surface area contributed by atoms with Gasteiger partial charge in [-0.25, -0.2) is 0 Å². The maximum atomic E-state index is 3.55. The molecule has 0 radical (unpaired) electrons. The molecule has 1 N–H and O–H groups in total. The highest BCUT2D eigenvalue weighted by Gasteiger charge is 2.19. The Morgan fingerprint density at radius 3 is 2.33 bits per heavy atom. The van der Waals surface area contributed by atoms with Crippen LogP contribution in [-0.4, -0.2) is 63.2 Å². The molecule has 90 valence electrons. The molecule has 0 aromatic carbocycles. The van der Waals surface area contributed by atoms with E-state index in [-0.39, 0.29) is 0 Å². The zero-order chi connectivity index (χ0) is 11.1. The lowest BCUT2D eigenvalue weighted by atomic mass is 10.3. The average Bonchev–Trinajstić information content (AvgIpc) is 2.98. The van der Waals surface area contributed by atoms with Gasteiger partial charge in [0, 0.05) is 19.1 Å². The molecule has 0 heterocycles. The molecule has 0 aromatic rings. The standard InChI is InChI=1S/C12H27N3/c1-14(2)10-11-15(3)9-5-4-8-13-12-6-7-12/h12-13H,4-11H2,1-3H3. The molecule has 1 saturated carbocycles. The Morgan fingerprint density at radius 1 is 1.00 bits per heavy atom. The van der Waals surface area contributed by atoms with Gasteiger partial charge >= 0.3 is 0 Å². The van der Waals surface area contributed by atoms with E-state index in [9.17, 15) is 0 Å². The highest BCUT2D eigenvalue weighted by atomic mass is 15.1. The van der Waals surface area contributed by atoms with Crippen molar-refractivity contribution >= 4 is 0 Å². The first-order valence-corrected chi connectivity index (χ1v) is 6.25. The van der Waals surface area contributed by atoms with Gasteiger partial charge in [-0.05, 0) is 59.9 Å². The van der Waals surface area contributed by atoms with E-state index in [1.54, 1.807) is 0 Å². The van der Waals surface area contributed by atoms with Crippen molar-refractivity contribution < 1.29 is 0 Å². The second-order valence-corrected chi connectivity index (χ2v) is 5.04. The van der Waals surface area contributed by atoms with Crippen molar-refractivity contribution in [3.05, 3.63) is 0 Å². The number of nitrogens with zero attached hydrogens (tertiary/aromatic N) is 2. The van der Waals surface area contributed by atoms with Crippen LogP contribution in [0.1, 0.15) is 25.7 Å². The molecule has 0 spiro atoms. The van der Waals surface area contributed by atoms with Gasteiger partial charge in [-0.2, -0.15) is 0 Å². The summed E-state index contributed by atoms with van der Waals surface area (Å²) < 4.78 is 0. The summed E-state index contributed by atoms with van der Waals surface area (Å²) in [6, 6.07) is 0.872. The molecule has 1 aliphatic rings. The van der Waals surface area contributed by atoms with E-state index in [2.05, 4.69) is 36.3 Å². The molecular weight excluding hydrogens is 186 g/mol. The van der Waals surface area contributed by atoms with E-state index < -0.39 is 0 Å². The SMILES string of the molecule is CN(C)CCN(C)CCCCNC1CC1. The Bertz CT molecular complexity index is 155. The number of likely N-dealkylation sites (N-methyl/N-ethyl adjacent to an activating group) is 2. The maximum absolute atomic E-state index is 3.55. The molecule has 3 heteroatoms. The monoisotopic (exact) mass is 213 g/mol. The lowest BCUT2D eigenvalue weighted by Crippen LogP contribution is -2.29. The fraction of sp³-hybridized carbons (Fsp3) is 1.00. The number of hydrogen-bond donors (Lipinski definition) is 1. The molecule has 15 heavy (non-hydrogen) atoms. The topological polar surface area (TPSA) is 18.5 Å². The first-order chi connectivity index (χ1) is 7.18. The summed E-state index contributed by atoms with van der Waals surface area (Å²) in [4.78, 5) is 4.67. The van der Waals surface area contributed by atoms with Crippen LogP contribution in [0.4, 0.5) is 0 Å². The van der Waals surface area contributed by atoms with Crippen LogP contribution in [0.5, 0.6) is 0 Å². The van der Waals surface area contributed by atoms with Crippen molar-refractivity contribution in [1.82, 2.24) is 15.1 Å². The Balaban J connectivity index is 1.80. The van der Waals surface area contributed by atoms with E-state index in [4.69, 9.17) is 0 Å². The van der Waals surface area contributed by atoms with Gasteiger partial charge in [-0.3, -0.25) is 0 Å². The summed E-state index contributed by atoms with van der Waals surface area (Å²) >= 11 is 0. The van der Waals surface area contributed by atoms with Crippen molar-refractivity contribution in [2.75, 3.05) is 47.3 Å². The van der Waals surface area contributed by atoms with Crippen LogP contribution in [0, 0.1) is 0 Å². The van der Waals surface area contributed by atoms with Crippen molar-refractivity contribution in [1.29, 1.82) is 0 Å². The molecule has 0 atom stereocenters. The highest BCUT2D eigenvalue weighted by Crippen LogP contribution is 2.18. The van der Waals surface area contributed by atoms with E-state index in [1.807, 2.05) is 0 Å². The van der Waals surface area contributed by atoms with Crippen LogP contribution in [0.3, 0.4) is 0 Å². The van der Waals surface area contributed by atoms with E-state index in [1.165, 1.54) is 45.3 Å². The van der Waals surface area contributed by atoms with Crippen LogP contribution in [-0.2, 0) is 0 Å². The number of hydrogen-bond acceptors (Lipinski definition) is 3. The van der Waals surface area contributed by atoms with Gasteiger partial charge in [-0.15, -0.1) is 0 Å². The molecule has 1 rings (SSSR count). The third-order valence-electron chi connectivity index (χ3n) is 2.91. The van der Waals surface area contributed by atoms with Crippen molar-refractivity contribution in [2.24, 2.45) is 0 Å². The summed E-state index contributed by atoms with van der Waals surface area (Å²) in [7, 11) is 6.48. The lowest BCUT2D eigenvalue weighted by Gasteiger charge is -2.19. The summed E-state index contributed by atoms with van der Waals surface area (Å²) in [5.41, 5.74) is 0. The van der Waals surface area contributed by atoms with Crippen LogP contribution in [0.15, 0.2) is 0 Å². The van der Waals surface area contributed by atoms with Gasteiger partial charge in [0.15, 0.2) is 0 Å². The quantitative estimate of drug-likeness (QED) is 0.577. The zero-order valence-electron chi connectivity index (χ0n) is 10.6.